The summed E-state index contributed by atoms with van der Waals surface area (Å²) in [7, 11) is -1.14. The summed E-state index contributed by atoms with van der Waals surface area (Å²) in [5.41, 5.74) is 2.17. The maximum atomic E-state index is 12.0. The van der Waals surface area contributed by atoms with Gasteiger partial charge in [0.05, 0.1) is 10.6 Å². The van der Waals surface area contributed by atoms with Gasteiger partial charge in [-0.1, -0.05) is 30.3 Å². The first-order valence-electron chi connectivity index (χ1n) is 5.63. The molecule has 0 bridgehead atoms. The minimum Gasteiger partial charge on any atom is -0.292 e. The molecule has 94 valence electrons. The second-order valence-corrected chi connectivity index (χ2v) is 6.46. The van der Waals surface area contributed by atoms with E-state index in [0.29, 0.717) is 10.6 Å². The Morgan fingerprint density at radius 2 is 2.00 bits per heavy atom. The van der Waals surface area contributed by atoms with Crippen LogP contribution in [-0.2, 0) is 16.6 Å². The molecule has 1 aromatic carbocycles. The number of aryl methyl sites for hydroxylation is 1. The molecule has 1 unspecified atom stereocenters. The van der Waals surface area contributed by atoms with E-state index in [4.69, 9.17) is 0 Å². The van der Waals surface area contributed by atoms with Crippen molar-refractivity contribution < 1.29 is 9.00 Å². The molecular formula is C14H14O2S2. The van der Waals surface area contributed by atoms with E-state index in [1.54, 1.807) is 6.07 Å². The van der Waals surface area contributed by atoms with Gasteiger partial charge in [0.2, 0.25) is 0 Å². The molecule has 2 rings (SSSR count). The Kier molecular flexibility index (Phi) is 4.44. The molecule has 0 aliphatic carbocycles. The first-order valence-corrected chi connectivity index (χ1v) is 8.00. The first-order chi connectivity index (χ1) is 8.66. The zero-order valence-electron chi connectivity index (χ0n) is 10.1. The molecule has 0 aliphatic rings. The number of carbonyl (C=O) groups excluding carboxylic acids is 1. The molecule has 0 saturated carbocycles. The van der Waals surface area contributed by atoms with Gasteiger partial charge in [0.1, 0.15) is 0 Å². The highest BCUT2D eigenvalue weighted by Crippen LogP contribution is 2.13. The second kappa shape index (κ2) is 6.07. The molecule has 4 heteroatoms. The summed E-state index contributed by atoms with van der Waals surface area (Å²) in [5, 5.41) is 1.86. The molecule has 1 heterocycles. The molecule has 1 aromatic heterocycles. The number of hydrogen-bond donors (Lipinski definition) is 0. The number of carbonyl (C=O) groups is 1. The van der Waals surface area contributed by atoms with Crippen LogP contribution in [0.15, 0.2) is 41.8 Å². The SMILES string of the molecule is Cc1ccccc1CS(=O)CC(=O)c1cccs1. The lowest BCUT2D eigenvalue weighted by molar-refractivity contribution is 0.102. The highest BCUT2D eigenvalue weighted by molar-refractivity contribution is 7.85. The normalized spacial score (nSPS) is 12.3. The molecule has 0 radical (unpaired) electrons. The van der Waals surface area contributed by atoms with Gasteiger partial charge in [0.15, 0.2) is 5.78 Å². The molecular weight excluding hydrogens is 264 g/mol. The van der Waals surface area contributed by atoms with E-state index < -0.39 is 10.8 Å². The third kappa shape index (κ3) is 3.37. The maximum absolute atomic E-state index is 12.0. The third-order valence-electron chi connectivity index (χ3n) is 2.67. The number of thiophene rings is 1. The molecule has 0 fully saturated rings. The van der Waals surface area contributed by atoms with Gasteiger partial charge in [-0.3, -0.25) is 9.00 Å². The molecule has 2 aromatic rings. The number of Topliss-reactive ketones (excluding diaryl/α,β-unsaturated/α-hetero) is 1. The molecule has 0 N–H and O–H groups in total. The van der Waals surface area contributed by atoms with E-state index in [0.717, 1.165) is 11.1 Å². The highest BCUT2D eigenvalue weighted by Gasteiger charge is 2.12. The fourth-order valence-electron chi connectivity index (χ4n) is 1.65. The lowest BCUT2D eigenvalue weighted by Gasteiger charge is -2.04. The van der Waals surface area contributed by atoms with E-state index in [9.17, 15) is 9.00 Å². The third-order valence-corrected chi connectivity index (χ3v) is 4.79. The smallest absolute Gasteiger partial charge is 0.185 e. The topological polar surface area (TPSA) is 34.1 Å². The van der Waals surface area contributed by atoms with Crippen molar-refractivity contribution in [1.82, 2.24) is 0 Å². The number of hydrogen-bond acceptors (Lipinski definition) is 3. The van der Waals surface area contributed by atoms with Gasteiger partial charge in [0, 0.05) is 16.6 Å². The van der Waals surface area contributed by atoms with Crippen molar-refractivity contribution in [3.63, 3.8) is 0 Å². The Morgan fingerprint density at radius 3 is 2.67 bits per heavy atom. The average Bonchev–Trinajstić information content (AvgIpc) is 2.85. The van der Waals surface area contributed by atoms with Gasteiger partial charge in [-0.2, -0.15) is 0 Å². The van der Waals surface area contributed by atoms with Gasteiger partial charge in [-0.05, 0) is 29.5 Å². The average molecular weight is 278 g/mol. The summed E-state index contributed by atoms with van der Waals surface area (Å²) in [6, 6.07) is 11.5. The summed E-state index contributed by atoms with van der Waals surface area (Å²) in [6.07, 6.45) is 0. The van der Waals surface area contributed by atoms with Gasteiger partial charge < -0.3 is 0 Å². The van der Waals surface area contributed by atoms with Crippen molar-refractivity contribution in [1.29, 1.82) is 0 Å². The van der Waals surface area contributed by atoms with Crippen LogP contribution in [0, 0.1) is 6.92 Å². The zero-order chi connectivity index (χ0) is 13.0. The van der Waals surface area contributed by atoms with Crippen LogP contribution < -0.4 is 0 Å². The van der Waals surface area contributed by atoms with E-state index in [2.05, 4.69) is 0 Å². The lowest BCUT2D eigenvalue weighted by Crippen LogP contribution is -2.11. The van der Waals surface area contributed by atoms with Crippen molar-refractivity contribution in [2.75, 3.05) is 5.75 Å². The van der Waals surface area contributed by atoms with Crippen LogP contribution in [0.3, 0.4) is 0 Å². The van der Waals surface area contributed by atoms with Crippen LogP contribution in [-0.4, -0.2) is 15.7 Å². The Hall–Kier alpha value is -1.26. The minimum absolute atomic E-state index is 0.0306. The standard InChI is InChI=1S/C14H14O2S2/c1-11-5-2-3-6-12(11)9-18(16)10-13(15)14-7-4-8-17-14/h2-8H,9-10H2,1H3. The molecule has 0 spiro atoms. The van der Waals surface area contributed by atoms with Crippen molar-refractivity contribution in [2.24, 2.45) is 0 Å². The number of ketones is 1. The quantitative estimate of drug-likeness (QED) is 0.787. The zero-order valence-corrected chi connectivity index (χ0v) is 11.7. The Labute approximate surface area is 113 Å². The van der Waals surface area contributed by atoms with E-state index in [-0.39, 0.29) is 11.5 Å². The summed E-state index contributed by atoms with van der Waals surface area (Å²) in [4.78, 5) is 12.5. The maximum Gasteiger partial charge on any atom is 0.185 e. The van der Waals surface area contributed by atoms with Crippen LogP contribution in [0.4, 0.5) is 0 Å². The van der Waals surface area contributed by atoms with Crippen molar-refractivity contribution >= 4 is 27.9 Å². The first kappa shape index (κ1) is 13.2. The predicted octanol–water partition coefficient (Wildman–Crippen LogP) is 3.19. The summed E-state index contributed by atoms with van der Waals surface area (Å²) in [5.74, 6) is 0.524. The van der Waals surface area contributed by atoms with Crippen LogP contribution >= 0.6 is 11.3 Å². The highest BCUT2D eigenvalue weighted by atomic mass is 32.2. The second-order valence-electron chi connectivity index (χ2n) is 4.06. The molecule has 1 atom stereocenters. The van der Waals surface area contributed by atoms with E-state index >= 15 is 0 Å². The lowest BCUT2D eigenvalue weighted by atomic mass is 10.1. The molecule has 0 aliphatic heterocycles. The summed E-state index contributed by atoms with van der Waals surface area (Å²) >= 11 is 1.40. The molecule has 18 heavy (non-hydrogen) atoms. The monoisotopic (exact) mass is 278 g/mol. The molecule has 0 amide bonds. The number of rotatable bonds is 5. The molecule has 2 nitrogen and oxygen atoms in total. The van der Waals surface area contributed by atoms with Crippen molar-refractivity contribution in [2.45, 2.75) is 12.7 Å². The summed E-state index contributed by atoms with van der Waals surface area (Å²) in [6.45, 7) is 1.99. The predicted molar refractivity (Wildman–Crippen MR) is 76.5 cm³/mol. The fourth-order valence-corrected chi connectivity index (χ4v) is 3.63. The Bertz CT molecular complexity index is 559. The van der Waals surface area contributed by atoms with Gasteiger partial charge in [-0.15, -0.1) is 11.3 Å². The number of benzene rings is 1. The van der Waals surface area contributed by atoms with Gasteiger partial charge in [0.25, 0.3) is 0 Å². The fraction of sp³-hybridized carbons (Fsp3) is 0.214. The van der Waals surface area contributed by atoms with E-state index in [1.165, 1.54) is 11.3 Å². The van der Waals surface area contributed by atoms with Crippen LogP contribution in [0.2, 0.25) is 0 Å². The van der Waals surface area contributed by atoms with Gasteiger partial charge >= 0.3 is 0 Å². The Balaban J connectivity index is 1.98. The molecule has 0 saturated heterocycles. The van der Waals surface area contributed by atoms with Crippen LogP contribution in [0.5, 0.6) is 0 Å². The largest absolute Gasteiger partial charge is 0.292 e. The van der Waals surface area contributed by atoms with E-state index in [1.807, 2.05) is 42.6 Å². The Morgan fingerprint density at radius 1 is 1.22 bits per heavy atom. The van der Waals surface area contributed by atoms with Crippen molar-refractivity contribution in [3.05, 3.63) is 57.8 Å². The van der Waals surface area contributed by atoms with Crippen molar-refractivity contribution in [3.8, 4) is 0 Å². The van der Waals surface area contributed by atoms with Crippen LogP contribution in [0.25, 0.3) is 0 Å². The van der Waals surface area contributed by atoms with Gasteiger partial charge in [-0.25, -0.2) is 0 Å². The minimum atomic E-state index is -1.14. The summed E-state index contributed by atoms with van der Waals surface area (Å²) < 4.78 is 12.0. The van der Waals surface area contributed by atoms with Crippen LogP contribution in [0.1, 0.15) is 20.8 Å².